The van der Waals surface area contributed by atoms with E-state index < -0.39 is 6.04 Å². The number of H-pyrrole nitrogens is 1. The van der Waals surface area contributed by atoms with Gasteiger partial charge in [-0.25, -0.2) is 4.98 Å². The number of amides is 1. The Morgan fingerprint density at radius 3 is 2.86 bits per heavy atom. The fraction of sp³-hybridized carbons (Fsp3) is 0.364. The van der Waals surface area contributed by atoms with Crippen LogP contribution in [0.5, 0.6) is 11.5 Å². The predicted molar refractivity (Wildman–Crippen MR) is 113 cm³/mol. The van der Waals surface area contributed by atoms with Gasteiger partial charge in [-0.2, -0.15) is 0 Å². The third-order valence-corrected chi connectivity index (χ3v) is 5.45. The molecule has 1 aromatic carbocycles. The molecule has 1 unspecified atom stereocenters. The fourth-order valence-corrected chi connectivity index (χ4v) is 3.73. The number of rotatable bonds is 5. The summed E-state index contributed by atoms with van der Waals surface area (Å²) in [5.41, 5.74) is 9.10. The van der Waals surface area contributed by atoms with Crippen molar-refractivity contribution in [1.29, 1.82) is 0 Å². The quantitative estimate of drug-likeness (QED) is 0.695. The molecular weight excluding hydrogens is 366 g/mol. The number of hydrogen-bond donors (Lipinski definition) is 2. The molecule has 1 aliphatic rings. The highest BCUT2D eigenvalue weighted by molar-refractivity contribution is 5.86. The third kappa shape index (κ3) is 4.26. The van der Waals surface area contributed by atoms with Crippen molar-refractivity contribution in [2.45, 2.75) is 19.4 Å². The molecule has 0 spiro atoms. The van der Waals surface area contributed by atoms with Gasteiger partial charge in [-0.05, 0) is 49.7 Å². The van der Waals surface area contributed by atoms with E-state index in [1.165, 1.54) is 0 Å². The number of piperazine rings is 1. The average molecular weight is 393 g/mol. The van der Waals surface area contributed by atoms with Crippen LogP contribution in [0.25, 0.3) is 11.0 Å². The molecule has 0 saturated carbocycles. The van der Waals surface area contributed by atoms with Gasteiger partial charge in [0.15, 0.2) is 0 Å². The molecule has 152 valence electrons. The van der Waals surface area contributed by atoms with Gasteiger partial charge in [0.05, 0.1) is 11.4 Å². The molecule has 1 atom stereocenters. The molecule has 3 heterocycles. The van der Waals surface area contributed by atoms with Gasteiger partial charge in [0.1, 0.15) is 17.1 Å². The molecule has 3 aromatic rings. The first-order valence-electron chi connectivity index (χ1n) is 9.93. The number of aromatic nitrogens is 2. The van der Waals surface area contributed by atoms with E-state index in [2.05, 4.69) is 21.9 Å². The number of pyridine rings is 1. The number of hydrogen-bond acceptors (Lipinski definition) is 5. The molecule has 1 fully saturated rings. The Morgan fingerprint density at radius 2 is 2.07 bits per heavy atom. The number of fused-ring (bicyclic) bond motifs is 1. The van der Waals surface area contributed by atoms with E-state index in [9.17, 15) is 4.79 Å². The van der Waals surface area contributed by atoms with Crippen molar-refractivity contribution in [2.75, 3.05) is 33.2 Å². The molecule has 0 bridgehead atoms. The number of aryl methyl sites for hydroxylation is 1. The van der Waals surface area contributed by atoms with E-state index in [-0.39, 0.29) is 5.91 Å². The van der Waals surface area contributed by atoms with Gasteiger partial charge in [0, 0.05) is 38.6 Å². The smallest absolute Gasteiger partial charge is 0.239 e. The maximum absolute atomic E-state index is 12.7. The highest BCUT2D eigenvalue weighted by atomic mass is 16.5. The number of carbonyl (C=O) groups excluding carboxylic acids is 1. The number of aromatic amines is 1. The average Bonchev–Trinajstić information content (AvgIpc) is 3.10. The molecule has 29 heavy (non-hydrogen) atoms. The van der Waals surface area contributed by atoms with Gasteiger partial charge >= 0.3 is 0 Å². The van der Waals surface area contributed by atoms with E-state index >= 15 is 0 Å². The van der Waals surface area contributed by atoms with Crippen molar-refractivity contribution in [2.24, 2.45) is 5.73 Å². The van der Waals surface area contributed by atoms with Crippen molar-refractivity contribution >= 4 is 16.9 Å². The Labute approximate surface area is 170 Å². The lowest BCUT2D eigenvalue weighted by atomic mass is 10.0. The van der Waals surface area contributed by atoms with Gasteiger partial charge in [-0.3, -0.25) is 4.79 Å². The zero-order valence-electron chi connectivity index (χ0n) is 16.9. The van der Waals surface area contributed by atoms with Crippen LogP contribution in [0, 0.1) is 6.92 Å². The van der Waals surface area contributed by atoms with Gasteiger partial charge in [-0.15, -0.1) is 0 Å². The Balaban J connectivity index is 1.46. The SMILES string of the molecule is Cc1c[nH]c2nccc(Oc3cccc(CC(N)C(=O)N4CCN(C)CC4)c3)c12. The molecule has 0 aliphatic carbocycles. The van der Waals surface area contributed by atoms with Crippen LogP contribution >= 0.6 is 0 Å². The molecule has 7 heteroatoms. The normalized spacial score (nSPS) is 16.2. The van der Waals surface area contributed by atoms with Crippen LogP contribution in [0.3, 0.4) is 0 Å². The molecule has 1 aliphatic heterocycles. The van der Waals surface area contributed by atoms with Crippen LogP contribution in [-0.2, 0) is 11.2 Å². The number of nitrogens with zero attached hydrogens (tertiary/aromatic N) is 3. The first-order valence-corrected chi connectivity index (χ1v) is 9.93. The first-order chi connectivity index (χ1) is 14.0. The predicted octanol–water partition coefficient (Wildman–Crippen LogP) is 2.31. The monoisotopic (exact) mass is 393 g/mol. The van der Waals surface area contributed by atoms with Crippen LogP contribution in [0.2, 0.25) is 0 Å². The Morgan fingerprint density at radius 1 is 1.28 bits per heavy atom. The molecule has 1 amide bonds. The second kappa shape index (κ2) is 8.23. The summed E-state index contributed by atoms with van der Waals surface area (Å²) >= 11 is 0. The van der Waals surface area contributed by atoms with E-state index in [1.54, 1.807) is 6.20 Å². The first kappa shape index (κ1) is 19.4. The van der Waals surface area contributed by atoms with Gasteiger partial charge in [0.25, 0.3) is 0 Å². The summed E-state index contributed by atoms with van der Waals surface area (Å²) in [5, 5.41) is 0.972. The summed E-state index contributed by atoms with van der Waals surface area (Å²) in [6, 6.07) is 9.08. The minimum absolute atomic E-state index is 0.0169. The van der Waals surface area contributed by atoms with E-state index in [0.717, 1.165) is 59.8 Å². The standard InChI is InChI=1S/C22H27N5O2/c1-15-14-25-21-20(15)19(6-7-24-21)29-17-5-3-4-16(12-17)13-18(23)22(28)27-10-8-26(2)9-11-27/h3-7,12,14,18H,8-11,13,23H2,1-2H3,(H,24,25). The number of likely N-dealkylation sites (N-methyl/N-ethyl adjacent to an activating group) is 1. The van der Waals surface area contributed by atoms with Crippen LogP contribution < -0.4 is 10.5 Å². The highest BCUT2D eigenvalue weighted by Crippen LogP contribution is 2.31. The second-order valence-electron chi connectivity index (χ2n) is 7.69. The minimum Gasteiger partial charge on any atom is -0.457 e. The van der Waals surface area contributed by atoms with Gasteiger partial charge < -0.3 is 25.3 Å². The Hall–Kier alpha value is -2.90. The Bertz CT molecular complexity index is 1010. The zero-order valence-corrected chi connectivity index (χ0v) is 16.9. The van der Waals surface area contributed by atoms with Crippen LogP contribution in [-0.4, -0.2) is 64.9 Å². The molecule has 3 N–H and O–H groups in total. The van der Waals surface area contributed by atoms with Crippen LogP contribution in [0.15, 0.2) is 42.7 Å². The number of benzene rings is 1. The summed E-state index contributed by atoms with van der Waals surface area (Å²) in [7, 11) is 2.07. The minimum atomic E-state index is -0.548. The number of ether oxygens (including phenoxy) is 1. The summed E-state index contributed by atoms with van der Waals surface area (Å²) < 4.78 is 6.14. The summed E-state index contributed by atoms with van der Waals surface area (Å²) in [6.45, 7) is 5.27. The van der Waals surface area contributed by atoms with Crippen molar-refractivity contribution in [3.63, 3.8) is 0 Å². The van der Waals surface area contributed by atoms with Crippen molar-refractivity contribution < 1.29 is 9.53 Å². The lowest BCUT2D eigenvalue weighted by molar-refractivity contribution is -0.134. The Kier molecular flexibility index (Phi) is 5.51. The summed E-state index contributed by atoms with van der Waals surface area (Å²) in [5.74, 6) is 1.49. The lowest BCUT2D eigenvalue weighted by Gasteiger charge is -2.33. The summed E-state index contributed by atoms with van der Waals surface area (Å²) in [6.07, 6.45) is 4.13. The third-order valence-electron chi connectivity index (χ3n) is 5.45. The molecular formula is C22H27N5O2. The van der Waals surface area contributed by atoms with Crippen molar-refractivity contribution in [3.8, 4) is 11.5 Å². The number of nitrogens with one attached hydrogen (secondary N) is 1. The second-order valence-corrected chi connectivity index (χ2v) is 7.69. The molecule has 2 aromatic heterocycles. The van der Waals surface area contributed by atoms with Gasteiger partial charge in [-0.1, -0.05) is 12.1 Å². The number of nitrogens with two attached hydrogens (primary N) is 1. The van der Waals surface area contributed by atoms with Gasteiger partial charge in [0.2, 0.25) is 5.91 Å². The fourth-order valence-electron chi connectivity index (χ4n) is 3.73. The lowest BCUT2D eigenvalue weighted by Crippen LogP contribution is -2.52. The van der Waals surface area contributed by atoms with Crippen LogP contribution in [0.1, 0.15) is 11.1 Å². The topological polar surface area (TPSA) is 87.5 Å². The van der Waals surface area contributed by atoms with Crippen molar-refractivity contribution in [3.05, 3.63) is 53.9 Å². The largest absolute Gasteiger partial charge is 0.457 e. The molecule has 1 saturated heterocycles. The van der Waals surface area contributed by atoms with Crippen molar-refractivity contribution in [1.82, 2.24) is 19.8 Å². The maximum atomic E-state index is 12.7. The molecule has 0 radical (unpaired) electrons. The summed E-state index contributed by atoms with van der Waals surface area (Å²) in [4.78, 5) is 24.2. The van der Waals surface area contributed by atoms with Crippen LogP contribution in [0.4, 0.5) is 0 Å². The molecule has 7 nitrogen and oxygen atoms in total. The number of carbonyl (C=O) groups is 1. The van der Waals surface area contributed by atoms with E-state index in [0.29, 0.717) is 6.42 Å². The van der Waals surface area contributed by atoms with E-state index in [4.69, 9.17) is 10.5 Å². The highest BCUT2D eigenvalue weighted by Gasteiger charge is 2.24. The maximum Gasteiger partial charge on any atom is 0.239 e. The van der Waals surface area contributed by atoms with E-state index in [1.807, 2.05) is 48.4 Å². The zero-order chi connectivity index (χ0) is 20.4. The molecule has 4 rings (SSSR count).